The van der Waals surface area contributed by atoms with Gasteiger partial charge < -0.3 is 10.1 Å². The van der Waals surface area contributed by atoms with Crippen molar-refractivity contribution in [1.29, 1.82) is 0 Å². The van der Waals surface area contributed by atoms with E-state index in [1.165, 1.54) is 24.8 Å². The maximum absolute atomic E-state index is 11.0. The van der Waals surface area contributed by atoms with Gasteiger partial charge >= 0.3 is 5.69 Å². The minimum Gasteiger partial charge on any atom is -0.476 e. The zero-order valence-corrected chi connectivity index (χ0v) is 12.2. The summed E-state index contributed by atoms with van der Waals surface area (Å²) in [7, 11) is 1.33. The van der Waals surface area contributed by atoms with Gasteiger partial charge in [0.2, 0.25) is 5.82 Å². The Kier molecular flexibility index (Phi) is 4.27. The third-order valence-corrected chi connectivity index (χ3v) is 4.20. The molecular formula is C10H9BrN4O3S. The molecular weight excluding hydrogens is 336 g/mol. The fourth-order valence-corrected chi connectivity index (χ4v) is 2.85. The van der Waals surface area contributed by atoms with Gasteiger partial charge in [-0.15, -0.1) is 11.3 Å². The van der Waals surface area contributed by atoms with E-state index in [1.807, 2.05) is 11.4 Å². The third kappa shape index (κ3) is 2.99. The summed E-state index contributed by atoms with van der Waals surface area (Å²) >= 11 is 4.93. The van der Waals surface area contributed by atoms with Crippen molar-refractivity contribution < 1.29 is 9.66 Å². The van der Waals surface area contributed by atoms with Gasteiger partial charge in [0.05, 0.1) is 18.6 Å². The highest BCUT2D eigenvalue weighted by atomic mass is 79.9. The van der Waals surface area contributed by atoms with E-state index in [0.717, 1.165) is 9.35 Å². The lowest BCUT2D eigenvalue weighted by Gasteiger charge is -2.07. The quantitative estimate of drug-likeness (QED) is 0.662. The van der Waals surface area contributed by atoms with Crippen LogP contribution in [-0.2, 0) is 6.54 Å². The minimum absolute atomic E-state index is 0.0623. The SMILES string of the molecule is COc1ncnc(NCc2sccc2Br)c1[N+](=O)[O-]. The van der Waals surface area contributed by atoms with Gasteiger partial charge in [0.25, 0.3) is 5.88 Å². The third-order valence-electron chi connectivity index (χ3n) is 2.27. The number of thiophene rings is 1. The lowest BCUT2D eigenvalue weighted by Crippen LogP contribution is -2.06. The zero-order chi connectivity index (χ0) is 13.8. The van der Waals surface area contributed by atoms with Gasteiger partial charge in [-0.25, -0.2) is 4.98 Å². The topological polar surface area (TPSA) is 90.2 Å². The van der Waals surface area contributed by atoms with Gasteiger partial charge in [-0.05, 0) is 27.4 Å². The molecule has 1 N–H and O–H groups in total. The number of methoxy groups -OCH3 is 1. The second kappa shape index (κ2) is 5.93. The Morgan fingerprint density at radius 2 is 2.37 bits per heavy atom. The van der Waals surface area contributed by atoms with Crippen LogP contribution in [0, 0.1) is 10.1 Å². The molecule has 2 aromatic heterocycles. The number of nitro groups is 1. The average Bonchev–Trinajstić information content (AvgIpc) is 2.81. The van der Waals surface area contributed by atoms with E-state index in [1.54, 1.807) is 0 Å². The molecule has 0 saturated carbocycles. The van der Waals surface area contributed by atoms with Gasteiger partial charge in [-0.3, -0.25) is 10.1 Å². The molecule has 0 unspecified atom stereocenters. The van der Waals surface area contributed by atoms with E-state index in [9.17, 15) is 10.1 Å². The summed E-state index contributed by atoms with van der Waals surface area (Å²) < 4.78 is 5.82. The second-order valence-corrected chi connectivity index (χ2v) is 5.24. The number of hydrogen-bond donors (Lipinski definition) is 1. The Morgan fingerprint density at radius 1 is 1.58 bits per heavy atom. The number of nitrogens with zero attached hydrogens (tertiary/aromatic N) is 3. The first-order valence-electron chi connectivity index (χ1n) is 5.12. The first-order valence-corrected chi connectivity index (χ1v) is 6.80. The maximum atomic E-state index is 11.0. The molecule has 0 saturated heterocycles. The second-order valence-electron chi connectivity index (χ2n) is 3.38. The van der Waals surface area contributed by atoms with Crippen molar-refractivity contribution in [3.8, 4) is 5.88 Å². The molecule has 0 spiro atoms. The molecule has 0 bridgehead atoms. The minimum atomic E-state index is -0.565. The van der Waals surface area contributed by atoms with Crippen molar-refractivity contribution in [1.82, 2.24) is 9.97 Å². The fourth-order valence-electron chi connectivity index (χ4n) is 1.42. The summed E-state index contributed by atoms with van der Waals surface area (Å²) in [5.41, 5.74) is -0.266. The van der Waals surface area contributed by atoms with Gasteiger partial charge in [-0.1, -0.05) is 0 Å². The monoisotopic (exact) mass is 344 g/mol. The van der Waals surface area contributed by atoms with Gasteiger partial charge in [-0.2, -0.15) is 4.98 Å². The molecule has 0 aromatic carbocycles. The van der Waals surface area contributed by atoms with E-state index in [0.29, 0.717) is 6.54 Å². The molecule has 0 fully saturated rings. The highest BCUT2D eigenvalue weighted by Gasteiger charge is 2.23. The largest absolute Gasteiger partial charge is 0.476 e. The van der Waals surface area contributed by atoms with E-state index >= 15 is 0 Å². The Bertz CT molecular complexity index is 604. The molecule has 0 aliphatic rings. The van der Waals surface area contributed by atoms with E-state index in [2.05, 4.69) is 31.2 Å². The van der Waals surface area contributed by atoms with E-state index < -0.39 is 4.92 Å². The summed E-state index contributed by atoms with van der Waals surface area (Å²) in [4.78, 5) is 19.1. The molecule has 7 nitrogen and oxygen atoms in total. The standard InChI is InChI=1S/C10H9BrN4O3S/c1-18-10-8(15(16)17)9(13-5-14-10)12-4-7-6(11)2-3-19-7/h2-3,5H,4H2,1H3,(H,12,13,14). The molecule has 0 aliphatic heterocycles. The highest BCUT2D eigenvalue weighted by Crippen LogP contribution is 2.31. The molecule has 0 amide bonds. The number of nitrogens with one attached hydrogen (secondary N) is 1. The molecule has 2 aromatic rings. The predicted octanol–water partition coefficient (Wildman–Crippen LogP) is 2.83. The molecule has 9 heteroatoms. The molecule has 2 heterocycles. The van der Waals surface area contributed by atoms with Crippen LogP contribution in [0.25, 0.3) is 0 Å². The molecule has 0 aliphatic carbocycles. The maximum Gasteiger partial charge on any atom is 0.372 e. The Morgan fingerprint density at radius 3 is 2.95 bits per heavy atom. The molecule has 2 rings (SSSR count). The van der Waals surface area contributed by atoms with Gasteiger partial charge in [0.1, 0.15) is 6.33 Å². The molecule has 19 heavy (non-hydrogen) atoms. The van der Waals surface area contributed by atoms with Crippen molar-refractivity contribution in [3.05, 3.63) is 37.2 Å². The van der Waals surface area contributed by atoms with Gasteiger partial charge in [0.15, 0.2) is 0 Å². The first-order chi connectivity index (χ1) is 9.13. The number of halogens is 1. The summed E-state index contributed by atoms with van der Waals surface area (Å²) in [6.45, 7) is 0.430. The summed E-state index contributed by atoms with van der Waals surface area (Å²) in [6.07, 6.45) is 1.22. The van der Waals surface area contributed by atoms with E-state index in [-0.39, 0.29) is 17.4 Å². The van der Waals surface area contributed by atoms with Crippen LogP contribution < -0.4 is 10.1 Å². The lowest BCUT2D eigenvalue weighted by atomic mass is 10.4. The van der Waals surface area contributed by atoms with Crippen LogP contribution >= 0.6 is 27.3 Å². The first kappa shape index (κ1) is 13.7. The van der Waals surface area contributed by atoms with Crippen LogP contribution in [0.1, 0.15) is 4.88 Å². The van der Waals surface area contributed by atoms with Crippen LogP contribution in [-0.4, -0.2) is 22.0 Å². The Hall–Kier alpha value is -1.74. The Labute approximate surface area is 120 Å². The average molecular weight is 345 g/mol. The van der Waals surface area contributed by atoms with Gasteiger partial charge in [0, 0.05) is 9.35 Å². The van der Waals surface area contributed by atoms with Crippen molar-refractivity contribution in [2.75, 3.05) is 12.4 Å². The van der Waals surface area contributed by atoms with Crippen LogP contribution in [0.4, 0.5) is 11.5 Å². The highest BCUT2D eigenvalue weighted by molar-refractivity contribution is 9.10. The summed E-state index contributed by atoms with van der Waals surface area (Å²) in [5.74, 6) is 0.0740. The summed E-state index contributed by atoms with van der Waals surface area (Å²) in [5, 5.41) is 15.9. The predicted molar refractivity (Wildman–Crippen MR) is 74.6 cm³/mol. The summed E-state index contributed by atoms with van der Waals surface area (Å²) in [6, 6.07) is 1.91. The number of aromatic nitrogens is 2. The van der Waals surface area contributed by atoms with E-state index in [4.69, 9.17) is 4.74 Å². The number of rotatable bonds is 5. The van der Waals surface area contributed by atoms with Crippen LogP contribution in [0.2, 0.25) is 0 Å². The van der Waals surface area contributed by atoms with Crippen molar-refractivity contribution in [2.24, 2.45) is 0 Å². The smallest absolute Gasteiger partial charge is 0.372 e. The van der Waals surface area contributed by atoms with Crippen molar-refractivity contribution >= 4 is 38.8 Å². The zero-order valence-electron chi connectivity index (χ0n) is 9.79. The fraction of sp³-hybridized carbons (Fsp3) is 0.200. The van der Waals surface area contributed by atoms with Crippen LogP contribution in [0.5, 0.6) is 5.88 Å². The van der Waals surface area contributed by atoms with Crippen LogP contribution in [0.15, 0.2) is 22.2 Å². The molecule has 0 atom stereocenters. The normalized spacial score (nSPS) is 10.2. The molecule has 0 radical (unpaired) electrons. The number of ether oxygens (including phenoxy) is 1. The lowest BCUT2D eigenvalue weighted by molar-refractivity contribution is -0.385. The van der Waals surface area contributed by atoms with Crippen LogP contribution in [0.3, 0.4) is 0 Å². The molecule has 100 valence electrons. The van der Waals surface area contributed by atoms with Crippen molar-refractivity contribution in [2.45, 2.75) is 6.54 Å². The number of anilines is 1. The van der Waals surface area contributed by atoms with Crippen molar-refractivity contribution in [3.63, 3.8) is 0 Å². The Balaban J connectivity index is 2.25. The number of hydrogen-bond acceptors (Lipinski definition) is 7.